The predicted octanol–water partition coefficient (Wildman–Crippen LogP) is 3.83. The molecule has 0 N–H and O–H groups in total. The summed E-state index contributed by atoms with van der Waals surface area (Å²) in [7, 11) is 0. The highest BCUT2D eigenvalue weighted by atomic mass is 16.5. The van der Waals surface area contributed by atoms with E-state index in [0.29, 0.717) is 5.75 Å². The van der Waals surface area contributed by atoms with Crippen molar-refractivity contribution in [2.45, 2.75) is 13.2 Å². The number of carbonyl (C=O) groups excluding carboxylic acids is 1. The number of nitrogens with zero attached hydrogens (tertiary/aromatic N) is 2. The molecule has 0 spiro atoms. The number of rotatable bonds is 7. The van der Waals surface area contributed by atoms with Gasteiger partial charge in [0.05, 0.1) is 6.54 Å². The molecule has 0 unspecified atom stereocenters. The molecule has 0 amide bonds. The van der Waals surface area contributed by atoms with Gasteiger partial charge in [-0.2, -0.15) is 5.10 Å². The summed E-state index contributed by atoms with van der Waals surface area (Å²) in [5.41, 5.74) is 0.679. The first-order valence-electron chi connectivity index (χ1n) is 9.60. The van der Waals surface area contributed by atoms with Crippen molar-refractivity contribution in [1.82, 2.24) is 9.78 Å². The molecular formula is C24H20N2O4. The summed E-state index contributed by atoms with van der Waals surface area (Å²) in [6, 6.07) is 25.7. The van der Waals surface area contributed by atoms with E-state index in [2.05, 4.69) is 5.10 Å². The van der Waals surface area contributed by atoms with E-state index in [9.17, 15) is 9.59 Å². The van der Waals surface area contributed by atoms with Crippen LogP contribution in [0.1, 0.15) is 16.1 Å². The van der Waals surface area contributed by atoms with Gasteiger partial charge in [-0.25, -0.2) is 9.48 Å². The first-order chi connectivity index (χ1) is 14.7. The Hall–Kier alpha value is -3.93. The van der Waals surface area contributed by atoms with E-state index in [-0.39, 0.29) is 31.0 Å². The molecule has 0 aliphatic carbocycles. The van der Waals surface area contributed by atoms with Crippen molar-refractivity contribution in [1.29, 1.82) is 0 Å². The lowest BCUT2D eigenvalue weighted by molar-refractivity contribution is 0.0463. The van der Waals surface area contributed by atoms with Crippen molar-refractivity contribution in [3.63, 3.8) is 0 Å². The van der Waals surface area contributed by atoms with E-state index in [1.165, 1.54) is 16.8 Å². The van der Waals surface area contributed by atoms with Crippen LogP contribution in [0, 0.1) is 0 Å². The van der Waals surface area contributed by atoms with E-state index >= 15 is 0 Å². The molecule has 0 radical (unpaired) electrons. The lowest BCUT2D eigenvalue weighted by Gasteiger charge is -2.10. The van der Waals surface area contributed by atoms with Crippen LogP contribution < -0.4 is 10.3 Å². The average molecular weight is 400 g/mol. The van der Waals surface area contributed by atoms with Gasteiger partial charge in [-0.15, -0.1) is 0 Å². The maximum absolute atomic E-state index is 12.5. The van der Waals surface area contributed by atoms with Gasteiger partial charge in [0.25, 0.3) is 5.56 Å². The van der Waals surface area contributed by atoms with Gasteiger partial charge in [0.2, 0.25) is 0 Å². The van der Waals surface area contributed by atoms with E-state index in [0.717, 1.165) is 16.3 Å². The predicted molar refractivity (Wildman–Crippen MR) is 114 cm³/mol. The number of benzene rings is 3. The summed E-state index contributed by atoms with van der Waals surface area (Å²) < 4.78 is 12.2. The van der Waals surface area contributed by atoms with Crippen LogP contribution >= 0.6 is 0 Å². The van der Waals surface area contributed by atoms with Crippen molar-refractivity contribution in [3.05, 3.63) is 107 Å². The van der Waals surface area contributed by atoms with Gasteiger partial charge >= 0.3 is 5.97 Å². The zero-order chi connectivity index (χ0) is 20.8. The molecule has 0 aliphatic rings. The zero-order valence-corrected chi connectivity index (χ0v) is 16.2. The number of fused-ring (bicyclic) bond motifs is 1. The van der Waals surface area contributed by atoms with Gasteiger partial charge in [0.15, 0.2) is 5.69 Å². The zero-order valence-electron chi connectivity index (χ0n) is 16.2. The molecule has 0 fully saturated rings. The number of aromatic nitrogens is 2. The van der Waals surface area contributed by atoms with E-state index in [1.54, 1.807) is 0 Å². The van der Waals surface area contributed by atoms with E-state index in [1.807, 2.05) is 72.8 Å². The van der Waals surface area contributed by atoms with Crippen molar-refractivity contribution < 1.29 is 14.3 Å². The number of esters is 1. The molecule has 0 saturated carbocycles. The summed E-state index contributed by atoms with van der Waals surface area (Å²) in [5.74, 6) is 0.122. The third kappa shape index (κ3) is 4.55. The molecule has 30 heavy (non-hydrogen) atoms. The Balaban J connectivity index is 1.41. The SMILES string of the molecule is O=C(OCc1cccc2ccccc12)c1ccc(=O)n(CCOc2ccccc2)n1. The second kappa shape index (κ2) is 9.05. The molecular weight excluding hydrogens is 380 g/mol. The van der Waals surface area contributed by atoms with Crippen LogP contribution in [-0.4, -0.2) is 22.4 Å². The summed E-state index contributed by atoms with van der Waals surface area (Å²) in [6.07, 6.45) is 0. The van der Waals surface area contributed by atoms with Crippen LogP contribution in [0.5, 0.6) is 5.75 Å². The summed E-state index contributed by atoms with van der Waals surface area (Å²) in [5, 5.41) is 6.24. The maximum Gasteiger partial charge on any atom is 0.359 e. The minimum Gasteiger partial charge on any atom is -0.492 e. The largest absolute Gasteiger partial charge is 0.492 e. The van der Waals surface area contributed by atoms with Gasteiger partial charge < -0.3 is 9.47 Å². The fraction of sp³-hybridized carbons (Fsp3) is 0.125. The van der Waals surface area contributed by atoms with Crippen molar-refractivity contribution in [3.8, 4) is 5.75 Å². The Kier molecular flexibility index (Phi) is 5.85. The number of carbonyl (C=O) groups is 1. The smallest absolute Gasteiger partial charge is 0.359 e. The molecule has 4 rings (SSSR count). The highest BCUT2D eigenvalue weighted by molar-refractivity contribution is 5.88. The number of hydrogen-bond donors (Lipinski definition) is 0. The lowest BCUT2D eigenvalue weighted by Crippen LogP contribution is -2.27. The maximum atomic E-state index is 12.5. The van der Waals surface area contributed by atoms with Crippen LogP contribution in [0.15, 0.2) is 89.7 Å². The Morgan fingerprint density at radius 2 is 1.63 bits per heavy atom. The molecule has 4 aromatic rings. The first-order valence-corrected chi connectivity index (χ1v) is 9.60. The third-order valence-electron chi connectivity index (χ3n) is 4.63. The Bertz CT molecular complexity index is 1210. The average Bonchev–Trinajstić information content (AvgIpc) is 2.79. The van der Waals surface area contributed by atoms with Crippen LogP contribution in [0.3, 0.4) is 0 Å². The van der Waals surface area contributed by atoms with Gasteiger partial charge in [-0.05, 0) is 34.5 Å². The number of hydrogen-bond acceptors (Lipinski definition) is 5. The second-order valence-corrected chi connectivity index (χ2v) is 6.66. The van der Waals surface area contributed by atoms with Crippen molar-refractivity contribution in [2.75, 3.05) is 6.61 Å². The van der Waals surface area contributed by atoms with Crippen LogP contribution in [0.2, 0.25) is 0 Å². The van der Waals surface area contributed by atoms with Crippen LogP contribution in [0.4, 0.5) is 0 Å². The highest BCUT2D eigenvalue weighted by Crippen LogP contribution is 2.19. The van der Waals surface area contributed by atoms with Gasteiger partial charge in [0.1, 0.15) is 19.0 Å². The summed E-state index contributed by atoms with van der Waals surface area (Å²) >= 11 is 0. The van der Waals surface area contributed by atoms with Crippen LogP contribution in [-0.2, 0) is 17.9 Å². The Labute approximate surface area is 173 Å². The number of para-hydroxylation sites is 1. The van der Waals surface area contributed by atoms with Gasteiger partial charge in [-0.3, -0.25) is 4.79 Å². The molecule has 0 bridgehead atoms. The molecule has 0 atom stereocenters. The fourth-order valence-electron chi connectivity index (χ4n) is 3.12. The topological polar surface area (TPSA) is 70.4 Å². The summed E-state index contributed by atoms with van der Waals surface area (Å²) in [4.78, 5) is 24.5. The van der Waals surface area contributed by atoms with E-state index < -0.39 is 5.97 Å². The first kappa shape index (κ1) is 19.4. The molecule has 6 heteroatoms. The molecule has 6 nitrogen and oxygen atoms in total. The normalized spacial score (nSPS) is 10.7. The molecule has 3 aromatic carbocycles. The fourth-order valence-corrected chi connectivity index (χ4v) is 3.12. The number of ether oxygens (including phenoxy) is 2. The minimum atomic E-state index is -0.583. The Morgan fingerprint density at radius 1 is 0.867 bits per heavy atom. The summed E-state index contributed by atoms with van der Waals surface area (Å²) in [6.45, 7) is 0.599. The van der Waals surface area contributed by atoms with Crippen LogP contribution in [0.25, 0.3) is 10.8 Å². The monoisotopic (exact) mass is 400 g/mol. The molecule has 0 saturated heterocycles. The molecule has 1 heterocycles. The Morgan fingerprint density at radius 3 is 2.50 bits per heavy atom. The minimum absolute atomic E-state index is 0.0783. The quantitative estimate of drug-likeness (QED) is 0.441. The van der Waals surface area contributed by atoms with Crippen molar-refractivity contribution in [2.24, 2.45) is 0 Å². The van der Waals surface area contributed by atoms with Crippen molar-refractivity contribution >= 4 is 16.7 Å². The molecule has 0 aliphatic heterocycles. The standard InChI is InChI=1S/C24H20N2O4/c27-23-14-13-22(25-26(23)15-16-29-20-10-2-1-3-11-20)24(28)30-17-19-9-6-8-18-7-4-5-12-21(18)19/h1-14H,15-17H2. The molecule has 1 aromatic heterocycles. The highest BCUT2D eigenvalue weighted by Gasteiger charge is 2.12. The third-order valence-corrected chi connectivity index (χ3v) is 4.63. The van der Waals surface area contributed by atoms with Gasteiger partial charge in [0, 0.05) is 6.07 Å². The molecule has 150 valence electrons. The van der Waals surface area contributed by atoms with Gasteiger partial charge in [-0.1, -0.05) is 60.7 Å². The lowest BCUT2D eigenvalue weighted by atomic mass is 10.1. The van der Waals surface area contributed by atoms with E-state index in [4.69, 9.17) is 9.47 Å². The second-order valence-electron chi connectivity index (χ2n) is 6.66.